The fourth-order valence-electron chi connectivity index (χ4n) is 3.81. The molecule has 1 amide bonds. The number of amides is 1. The number of furan rings is 1. The minimum Gasteiger partial charge on any atom is -0.500 e. The molecular formula is C27H26N4O7. The van der Waals surface area contributed by atoms with E-state index < -0.39 is 22.3 Å². The molecule has 0 aliphatic rings. The lowest BCUT2D eigenvalue weighted by molar-refractivity contribution is -0.386. The average molecular weight is 519 g/mol. The maximum Gasteiger partial charge on any atom is 0.315 e. The van der Waals surface area contributed by atoms with Crippen LogP contribution in [0.3, 0.4) is 0 Å². The molecule has 196 valence electrons. The fraction of sp³-hybridized carbons (Fsp3) is 0.185. The van der Waals surface area contributed by atoms with Gasteiger partial charge in [-0.2, -0.15) is 5.10 Å². The zero-order chi connectivity index (χ0) is 27.2. The number of carbonyl (C=O) groups excluding carboxylic acids is 1. The summed E-state index contributed by atoms with van der Waals surface area (Å²) >= 11 is 0. The Hall–Kier alpha value is -5.06. The molecule has 0 spiro atoms. The van der Waals surface area contributed by atoms with E-state index >= 15 is 0 Å². The molecule has 0 aliphatic heterocycles. The van der Waals surface area contributed by atoms with E-state index in [1.165, 1.54) is 18.3 Å². The lowest BCUT2D eigenvalue weighted by Crippen LogP contribution is -2.16. The number of nitro groups is 1. The number of nitro benzene ring substituents is 1. The van der Waals surface area contributed by atoms with Gasteiger partial charge in [0.2, 0.25) is 5.75 Å². The second-order valence-electron chi connectivity index (χ2n) is 8.28. The highest BCUT2D eigenvalue weighted by Crippen LogP contribution is 2.36. The molecule has 2 N–H and O–H groups in total. The predicted octanol–water partition coefficient (Wildman–Crippen LogP) is 5.04. The summed E-state index contributed by atoms with van der Waals surface area (Å²) in [5.41, 5.74) is 5.32. The monoisotopic (exact) mass is 518 g/mol. The Morgan fingerprint density at radius 2 is 1.82 bits per heavy atom. The van der Waals surface area contributed by atoms with Crippen LogP contribution in [0.15, 0.2) is 70.2 Å². The summed E-state index contributed by atoms with van der Waals surface area (Å²) in [5.74, 6) is -0.150. The molecule has 0 radical (unpaired) electrons. The van der Waals surface area contributed by atoms with E-state index in [0.29, 0.717) is 11.5 Å². The van der Waals surface area contributed by atoms with Crippen molar-refractivity contribution in [3.05, 3.63) is 99.2 Å². The first kappa shape index (κ1) is 26.0. The second-order valence-corrected chi connectivity index (χ2v) is 8.28. The summed E-state index contributed by atoms with van der Waals surface area (Å²) in [6.45, 7) is 6.09. The van der Waals surface area contributed by atoms with Crippen LogP contribution in [0.5, 0.6) is 17.2 Å². The third kappa shape index (κ3) is 5.84. The van der Waals surface area contributed by atoms with Crippen molar-refractivity contribution >= 4 is 17.8 Å². The first-order chi connectivity index (χ1) is 18.3. The van der Waals surface area contributed by atoms with Crippen molar-refractivity contribution in [2.45, 2.75) is 27.4 Å². The Morgan fingerprint density at radius 3 is 2.47 bits per heavy atom. The number of phenols is 1. The Labute approximate surface area is 218 Å². The molecule has 0 unspecified atom stereocenters. The number of hydrogen-bond donors (Lipinski definition) is 2. The van der Waals surface area contributed by atoms with Gasteiger partial charge < -0.3 is 23.6 Å². The molecule has 0 saturated heterocycles. The molecule has 0 aliphatic carbocycles. The number of nitrogens with one attached hydrogen (secondary N) is 1. The number of nitrogens with zero attached hydrogens (tertiary/aromatic N) is 3. The van der Waals surface area contributed by atoms with Crippen LogP contribution in [0.4, 0.5) is 5.69 Å². The largest absolute Gasteiger partial charge is 0.500 e. The van der Waals surface area contributed by atoms with Crippen LogP contribution >= 0.6 is 0 Å². The third-order valence-corrected chi connectivity index (χ3v) is 5.59. The van der Waals surface area contributed by atoms with Crippen LogP contribution in [-0.2, 0) is 6.61 Å². The smallest absolute Gasteiger partial charge is 0.315 e. The highest BCUT2D eigenvalue weighted by atomic mass is 16.6. The molecule has 0 fully saturated rings. The molecular weight excluding hydrogens is 492 g/mol. The van der Waals surface area contributed by atoms with E-state index in [-0.39, 0.29) is 30.3 Å². The quantitative estimate of drug-likeness (QED) is 0.170. The van der Waals surface area contributed by atoms with Crippen molar-refractivity contribution in [3.8, 4) is 22.9 Å². The van der Waals surface area contributed by atoms with Gasteiger partial charge >= 0.3 is 11.6 Å². The molecule has 0 bridgehead atoms. The number of ether oxygens (including phenoxy) is 2. The SMILES string of the molecule is CCOc1cc(/C=N/NC(=O)c2ccc(COc3ccc(-n4c(C)ccc4C)cc3)o2)cc([N+](=O)[O-])c1O. The Morgan fingerprint density at radius 1 is 1.11 bits per heavy atom. The zero-order valence-electron chi connectivity index (χ0n) is 21.0. The molecule has 2 aromatic heterocycles. The van der Waals surface area contributed by atoms with E-state index in [2.05, 4.69) is 27.2 Å². The maximum atomic E-state index is 12.4. The van der Waals surface area contributed by atoms with Crippen LogP contribution in [-0.4, -0.2) is 33.3 Å². The van der Waals surface area contributed by atoms with Gasteiger partial charge in [0.25, 0.3) is 0 Å². The summed E-state index contributed by atoms with van der Waals surface area (Å²) in [7, 11) is 0. The standard InChI is InChI=1S/C27H26N4O7/c1-4-36-25-14-19(13-23(26(25)32)31(34)35)15-28-29-27(33)24-12-11-22(38-24)16-37-21-9-7-20(8-10-21)30-17(2)5-6-18(30)3/h5-15,32H,4,16H2,1-3H3,(H,29,33)/b28-15+. The van der Waals surface area contributed by atoms with Crippen molar-refractivity contribution in [2.24, 2.45) is 5.10 Å². The fourth-order valence-corrected chi connectivity index (χ4v) is 3.81. The minimum atomic E-state index is -0.737. The van der Waals surface area contributed by atoms with Crippen molar-refractivity contribution in [2.75, 3.05) is 6.61 Å². The van der Waals surface area contributed by atoms with Gasteiger partial charge in [-0.15, -0.1) is 0 Å². The summed E-state index contributed by atoms with van der Waals surface area (Å²) < 4.78 is 18.7. The molecule has 4 rings (SSSR count). The van der Waals surface area contributed by atoms with Gasteiger partial charge in [-0.05, 0) is 75.4 Å². The topological polar surface area (TPSA) is 141 Å². The van der Waals surface area contributed by atoms with Crippen molar-refractivity contribution in [1.29, 1.82) is 0 Å². The van der Waals surface area contributed by atoms with E-state index in [1.54, 1.807) is 13.0 Å². The van der Waals surface area contributed by atoms with E-state index in [9.17, 15) is 20.0 Å². The van der Waals surface area contributed by atoms with Crippen LogP contribution < -0.4 is 14.9 Å². The van der Waals surface area contributed by atoms with Gasteiger partial charge in [0, 0.05) is 28.7 Å². The second kappa shape index (κ2) is 11.3. The van der Waals surface area contributed by atoms with E-state index in [0.717, 1.165) is 23.1 Å². The first-order valence-electron chi connectivity index (χ1n) is 11.7. The van der Waals surface area contributed by atoms with Crippen LogP contribution in [0, 0.1) is 24.0 Å². The number of aromatic nitrogens is 1. The Kier molecular flexibility index (Phi) is 7.76. The lowest BCUT2D eigenvalue weighted by atomic mass is 10.2. The third-order valence-electron chi connectivity index (χ3n) is 5.59. The summed E-state index contributed by atoms with van der Waals surface area (Å²) in [6.07, 6.45) is 1.19. The number of aryl methyl sites for hydroxylation is 2. The van der Waals surface area contributed by atoms with Gasteiger partial charge in [0.15, 0.2) is 11.5 Å². The minimum absolute atomic E-state index is 0.0151. The number of benzene rings is 2. The Bertz CT molecular complexity index is 1470. The molecule has 11 nitrogen and oxygen atoms in total. The molecule has 38 heavy (non-hydrogen) atoms. The predicted molar refractivity (Wildman–Crippen MR) is 139 cm³/mol. The van der Waals surface area contributed by atoms with E-state index in [4.69, 9.17) is 13.9 Å². The van der Waals surface area contributed by atoms with Gasteiger partial charge in [-0.3, -0.25) is 14.9 Å². The highest BCUT2D eigenvalue weighted by molar-refractivity contribution is 5.92. The normalized spacial score (nSPS) is 11.0. The number of phenolic OH excluding ortho intramolecular Hbond substituents is 1. The zero-order valence-corrected chi connectivity index (χ0v) is 21.0. The van der Waals surface area contributed by atoms with Crippen molar-refractivity contribution < 1.29 is 28.7 Å². The number of rotatable bonds is 10. The molecule has 4 aromatic rings. The summed E-state index contributed by atoms with van der Waals surface area (Å²) in [6, 6.07) is 17.4. The average Bonchev–Trinajstić information content (AvgIpc) is 3.51. The van der Waals surface area contributed by atoms with Crippen LogP contribution in [0.2, 0.25) is 0 Å². The maximum absolute atomic E-state index is 12.4. The molecule has 0 saturated carbocycles. The number of hydrogen-bond acceptors (Lipinski definition) is 8. The van der Waals surface area contributed by atoms with Gasteiger partial charge in [-0.25, -0.2) is 5.43 Å². The van der Waals surface area contributed by atoms with Crippen molar-refractivity contribution in [1.82, 2.24) is 9.99 Å². The first-order valence-corrected chi connectivity index (χ1v) is 11.7. The Balaban J connectivity index is 1.35. The van der Waals surface area contributed by atoms with Gasteiger partial charge in [-0.1, -0.05) is 0 Å². The molecule has 2 heterocycles. The number of aromatic hydroxyl groups is 1. The van der Waals surface area contributed by atoms with Crippen LogP contribution in [0.1, 0.15) is 40.2 Å². The van der Waals surface area contributed by atoms with Gasteiger partial charge in [0.1, 0.15) is 18.1 Å². The lowest BCUT2D eigenvalue weighted by Gasteiger charge is -2.10. The molecule has 0 atom stereocenters. The summed E-state index contributed by atoms with van der Waals surface area (Å²) in [5, 5.41) is 25.0. The van der Waals surface area contributed by atoms with Crippen molar-refractivity contribution in [3.63, 3.8) is 0 Å². The van der Waals surface area contributed by atoms with Gasteiger partial charge in [0.05, 0.1) is 17.7 Å². The summed E-state index contributed by atoms with van der Waals surface area (Å²) in [4.78, 5) is 22.8. The molecule has 2 aromatic carbocycles. The number of carbonyl (C=O) groups is 1. The van der Waals surface area contributed by atoms with E-state index in [1.807, 2.05) is 38.1 Å². The molecule has 11 heteroatoms. The highest BCUT2D eigenvalue weighted by Gasteiger charge is 2.20. The number of hydrazone groups is 1. The van der Waals surface area contributed by atoms with Crippen LogP contribution in [0.25, 0.3) is 5.69 Å².